The first-order valence-corrected chi connectivity index (χ1v) is 6.83. The minimum atomic E-state index is 0.00519. The maximum atomic E-state index is 11.8. The Kier molecular flexibility index (Phi) is 5.07. The summed E-state index contributed by atoms with van der Waals surface area (Å²) in [6.07, 6.45) is 5.58. The van der Waals surface area contributed by atoms with Crippen LogP contribution in [0.2, 0.25) is 0 Å². The summed E-state index contributed by atoms with van der Waals surface area (Å²) in [5, 5.41) is 12.8. The highest BCUT2D eigenvalue weighted by molar-refractivity contribution is 5.74. The average Bonchev–Trinajstić information content (AvgIpc) is 2.59. The van der Waals surface area contributed by atoms with E-state index < -0.39 is 0 Å². The van der Waals surface area contributed by atoms with Crippen LogP contribution in [0.5, 0.6) is 0 Å². The Labute approximate surface area is 103 Å². The zero-order valence-electron chi connectivity index (χ0n) is 10.4. The SMILES string of the molecule is O=C(NC1CCNCC1)NC1CCCCNC1. The second kappa shape index (κ2) is 6.81. The van der Waals surface area contributed by atoms with E-state index in [1.165, 1.54) is 12.8 Å². The summed E-state index contributed by atoms with van der Waals surface area (Å²) in [5.74, 6) is 0. The Morgan fingerprint density at radius 2 is 1.65 bits per heavy atom. The third-order valence-electron chi connectivity index (χ3n) is 3.56. The van der Waals surface area contributed by atoms with Crippen molar-refractivity contribution in [3.05, 3.63) is 0 Å². The van der Waals surface area contributed by atoms with Crippen molar-refractivity contribution in [1.29, 1.82) is 0 Å². The topological polar surface area (TPSA) is 65.2 Å². The van der Waals surface area contributed by atoms with Crippen molar-refractivity contribution >= 4 is 6.03 Å². The molecule has 0 saturated carbocycles. The molecule has 1 unspecified atom stereocenters. The van der Waals surface area contributed by atoms with E-state index in [1.54, 1.807) is 0 Å². The number of carbonyl (C=O) groups excluding carboxylic acids is 1. The van der Waals surface area contributed by atoms with Crippen molar-refractivity contribution in [3.8, 4) is 0 Å². The second-order valence-electron chi connectivity index (χ2n) is 5.04. The van der Waals surface area contributed by atoms with Crippen molar-refractivity contribution in [2.75, 3.05) is 26.2 Å². The molecule has 2 amide bonds. The lowest BCUT2D eigenvalue weighted by Crippen LogP contribution is -2.51. The van der Waals surface area contributed by atoms with Gasteiger partial charge in [0.2, 0.25) is 0 Å². The summed E-state index contributed by atoms with van der Waals surface area (Å²) < 4.78 is 0. The van der Waals surface area contributed by atoms with E-state index in [1.807, 2.05) is 0 Å². The van der Waals surface area contributed by atoms with Gasteiger partial charge in [0.15, 0.2) is 0 Å². The number of nitrogens with one attached hydrogen (secondary N) is 4. The zero-order chi connectivity index (χ0) is 11.9. The minimum absolute atomic E-state index is 0.00519. The van der Waals surface area contributed by atoms with Crippen molar-refractivity contribution in [3.63, 3.8) is 0 Å². The van der Waals surface area contributed by atoms with Crippen LogP contribution < -0.4 is 21.3 Å². The number of carbonyl (C=O) groups is 1. The monoisotopic (exact) mass is 240 g/mol. The third kappa shape index (κ3) is 4.52. The molecular formula is C12H24N4O. The number of hydrogen-bond acceptors (Lipinski definition) is 3. The normalized spacial score (nSPS) is 27.2. The molecule has 0 aromatic heterocycles. The van der Waals surface area contributed by atoms with Gasteiger partial charge in [-0.3, -0.25) is 0 Å². The zero-order valence-corrected chi connectivity index (χ0v) is 10.4. The molecule has 17 heavy (non-hydrogen) atoms. The van der Waals surface area contributed by atoms with Gasteiger partial charge in [-0.2, -0.15) is 0 Å². The molecule has 0 aromatic rings. The van der Waals surface area contributed by atoms with Gasteiger partial charge in [-0.05, 0) is 45.3 Å². The molecule has 2 aliphatic rings. The largest absolute Gasteiger partial charge is 0.335 e. The van der Waals surface area contributed by atoms with Crippen LogP contribution in [0.1, 0.15) is 32.1 Å². The number of rotatable bonds is 2. The fourth-order valence-corrected chi connectivity index (χ4v) is 2.52. The van der Waals surface area contributed by atoms with Crippen LogP contribution in [0.4, 0.5) is 4.79 Å². The molecule has 2 aliphatic heterocycles. The number of piperidine rings is 1. The van der Waals surface area contributed by atoms with E-state index >= 15 is 0 Å². The second-order valence-corrected chi connectivity index (χ2v) is 5.04. The Balaban J connectivity index is 1.68. The fourth-order valence-electron chi connectivity index (χ4n) is 2.52. The summed E-state index contributed by atoms with van der Waals surface area (Å²) in [6.45, 7) is 4.00. The number of urea groups is 1. The van der Waals surface area contributed by atoms with E-state index in [4.69, 9.17) is 0 Å². The lowest BCUT2D eigenvalue weighted by atomic mass is 10.1. The smallest absolute Gasteiger partial charge is 0.315 e. The Morgan fingerprint density at radius 1 is 0.882 bits per heavy atom. The van der Waals surface area contributed by atoms with Gasteiger partial charge in [0.1, 0.15) is 0 Å². The molecule has 2 rings (SSSR count). The van der Waals surface area contributed by atoms with Crippen LogP contribution in [0.3, 0.4) is 0 Å². The van der Waals surface area contributed by atoms with Gasteiger partial charge >= 0.3 is 6.03 Å². The molecule has 98 valence electrons. The Morgan fingerprint density at radius 3 is 2.47 bits per heavy atom. The molecule has 2 fully saturated rings. The lowest BCUT2D eigenvalue weighted by Gasteiger charge is -2.25. The van der Waals surface area contributed by atoms with Crippen LogP contribution in [-0.4, -0.2) is 44.3 Å². The first kappa shape index (κ1) is 12.6. The molecule has 0 aliphatic carbocycles. The predicted octanol–water partition coefficient (Wildman–Crippen LogP) is 0.180. The van der Waals surface area contributed by atoms with E-state index in [2.05, 4.69) is 21.3 Å². The standard InChI is InChI=1S/C12H24N4O/c17-12(15-10-4-7-13-8-5-10)16-11-3-1-2-6-14-9-11/h10-11,13-14H,1-9H2,(H2,15,16,17). The highest BCUT2D eigenvalue weighted by Crippen LogP contribution is 2.05. The van der Waals surface area contributed by atoms with Gasteiger partial charge in [0.05, 0.1) is 0 Å². The van der Waals surface area contributed by atoms with Crippen LogP contribution in [0.15, 0.2) is 0 Å². The summed E-state index contributed by atoms with van der Waals surface area (Å²) in [6, 6.07) is 0.639. The number of hydrogen-bond donors (Lipinski definition) is 4. The summed E-state index contributed by atoms with van der Waals surface area (Å²) >= 11 is 0. The fraction of sp³-hybridized carbons (Fsp3) is 0.917. The molecular weight excluding hydrogens is 216 g/mol. The lowest BCUT2D eigenvalue weighted by molar-refractivity contribution is 0.229. The first-order chi connectivity index (χ1) is 8.34. The minimum Gasteiger partial charge on any atom is -0.335 e. The van der Waals surface area contributed by atoms with Gasteiger partial charge in [-0.25, -0.2) is 4.79 Å². The van der Waals surface area contributed by atoms with Crippen LogP contribution in [0.25, 0.3) is 0 Å². The first-order valence-electron chi connectivity index (χ1n) is 6.83. The van der Waals surface area contributed by atoms with Crippen molar-refractivity contribution in [2.24, 2.45) is 0 Å². The van der Waals surface area contributed by atoms with Crippen LogP contribution >= 0.6 is 0 Å². The number of amides is 2. The summed E-state index contributed by atoms with van der Waals surface area (Å²) in [4.78, 5) is 11.8. The Bertz CT molecular complexity index is 233. The average molecular weight is 240 g/mol. The molecule has 2 saturated heterocycles. The molecule has 5 nitrogen and oxygen atoms in total. The van der Waals surface area contributed by atoms with Gasteiger partial charge in [-0.1, -0.05) is 6.42 Å². The predicted molar refractivity (Wildman–Crippen MR) is 68.1 cm³/mol. The van der Waals surface area contributed by atoms with Gasteiger partial charge in [0.25, 0.3) is 0 Å². The van der Waals surface area contributed by atoms with Gasteiger partial charge in [0, 0.05) is 18.6 Å². The molecule has 2 heterocycles. The molecule has 1 atom stereocenters. The van der Waals surface area contributed by atoms with E-state index in [0.717, 1.165) is 45.4 Å². The Hall–Kier alpha value is -0.810. The molecule has 4 N–H and O–H groups in total. The van der Waals surface area contributed by atoms with Crippen LogP contribution in [0, 0.1) is 0 Å². The highest BCUT2D eigenvalue weighted by atomic mass is 16.2. The van der Waals surface area contributed by atoms with E-state index in [-0.39, 0.29) is 6.03 Å². The molecule has 0 aromatic carbocycles. The summed E-state index contributed by atoms with van der Waals surface area (Å²) in [7, 11) is 0. The van der Waals surface area contributed by atoms with E-state index in [9.17, 15) is 4.79 Å². The van der Waals surface area contributed by atoms with Crippen molar-refractivity contribution in [2.45, 2.75) is 44.2 Å². The van der Waals surface area contributed by atoms with Crippen molar-refractivity contribution < 1.29 is 4.79 Å². The maximum absolute atomic E-state index is 11.8. The maximum Gasteiger partial charge on any atom is 0.315 e. The van der Waals surface area contributed by atoms with Gasteiger partial charge < -0.3 is 21.3 Å². The van der Waals surface area contributed by atoms with Gasteiger partial charge in [-0.15, -0.1) is 0 Å². The highest BCUT2D eigenvalue weighted by Gasteiger charge is 2.18. The van der Waals surface area contributed by atoms with Crippen molar-refractivity contribution in [1.82, 2.24) is 21.3 Å². The molecule has 0 radical (unpaired) electrons. The molecule has 0 bridgehead atoms. The third-order valence-corrected chi connectivity index (χ3v) is 3.56. The quantitative estimate of drug-likeness (QED) is 0.557. The van der Waals surface area contributed by atoms with Crippen LogP contribution in [-0.2, 0) is 0 Å². The molecule has 5 heteroatoms. The van der Waals surface area contributed by atoms with E-state index in [0.29, 0.717) is 12.1 Å². The summed E-state index contributed by atoms with van der Waals surface area (Å²) in [5.41, 5.74) is 0. The molecule has 0 spiro atoms.